The molecule has 3 amide bonds. The normalized spacial score (nSPS) is 19.5. The van der Waals surface area contributed by atoms with E-state index < -0.39 is 5.60 Å². The number of hydrogen-bond acceptors (Lipinski definition) is 4. The minimum atomic E-state index is -0.558. The van der Waals surface area contributed by atoms with E-state index in [1.807, 2.05) is 39.8 Å². The SMILES string of the molecule is CNC(=O)c1ccc(CNC(=O)[C@H]2CCN(C(=O)OC(C)(C)C)[C@H]2C)cc1. The quantitative estimate of drug-likeness (QED) is 0.845. The van der Waals surface area contributed by atoms with Crippen LogP contribution in [0, 0.1) is 5.92 Å². The van der Waals surface area contributed by atoms with E-state index in [9.17, 15) is 14.4 Å². The summed E-state index contributed by atoms with van der Waals surface area (Å²) in [6, 6.07) is 6.87. The van der Waals surface area contributed by atoms with E-state index in [1.54, 1.807) is 24.1 Å². The summed E-state index contributed by atoms with van der Waals surface area (Å²) in [6.45, 7) is 8.23. The van der Waals surface area contributed by atoms with Crippen LogP contribution < -0.4 is 10.6 Å². The van der Waals surface area contributed by atoms with Crippen LogP contribution in [0.25, 0.3) is 0 Å². The molecule has 0 radical (unpaired) electrons. The van der Waals surface area contributed by atoms with Gasteiger partial charge in [-0.1, -0.05) is 12.1 Å². The van der Waals surface area contributed by atoms with Gasteiger partial charge in [-0.2, -0.15) is 0 Å². The van der Waals surface area contributed by atoms with Crippen molar-refractivity contribution >= 4 is 17.9 Å². The van der Waals surface area contributed by atoms with E-state index in [2.05, 4.69) is 10.6 Å². The van der Waals surface area contributed by atoms with E-state index in [1.165, 1.54) is 0 Å². The number of hydrogen-bond donors (Lipinski definition) is 2. The highest BCUT2D eigenvalue weighted by Crippen LogP contribution is 2.26. The molecule has 7 nitrogen and oxygen atoms in total. The Morgan fingerprint density at radius 1 is 1.19 bits per heavy atom. The van der Waals surface area contributed by atoms with Gasteiger partial charge in [-0.15, -0.1) is 0 Å². The summed E-state index contributed by atoms with van der Waals surface area (Å²) in [5.74, 6) is -0.487. The molecule has 0 saturated carbocycles. The first-order valence-electron chi connectivity index (χ1n) is 9.20. The lowest BCUT2D eigenvalue weighted by Gasteiger charge is -2.28. The molecule has 2 N–H and O–H groups in total. The molecule has 1 heterocycles. The number of carbonyl (C=O) groups is 3. The third kappa shape index (κ3) is 5.45. The highest BCUT2D eigenvalue weighted by molar-refractivity contribution is 5.93. The van der Waals surface area contributed by atoms with Crippen molar-refractivity contribution in [3.8, 4) is 0 Å². The summed E-state index contributed by atoms with van der Waals surface area (Å²) in [7, 11) is 1.58. The van der Waals surface area contributed by atoms with Crippen molar-refractivity contribution in [3.05, 3.63) is 35.4 Å². The average Bonchev–Trinajstić information content (AvgIpc) is 2.99. The van der Waals surface area contributed by atoms with Crippen molar-refractivity contribution in [2.45, 2.75) is 52.3 Å². The number of amides is 3. The molecule has 0 aliphatic carbocycles. The van der Waals surface area contributed by atoms with Gasteiger partial charge in [-0.05, 0) is 51.8 Å². The number of benzene rings is 1. The fourth-order valence-corrected chi connectivity index (χ4v) is 3.11. The van der Waals surface area contributed by atoms with Crippen LogP contribution in [0.15, 0.2) is 24.3 Å². The Kier molecular flexibility index (Phi) is 6.46. The Morgan fingerprint density at radius 3 is 2.37 bits per heavy atom. The second-order valence-corrected chi connectivity index (χ2v) is 7.80. The van der Waals surface area contributed by atoms with E-state index >= 15 is 0 Å². The van der Waals surface area contributed by atoms with Gasteiger partial charge in [0.25, 0.3) is 5.91 Å². The van der Waals surface area contributed by atoms with Crippen LogP contribution >= 0.6 is 0 Å². The molecule has 1 fully saturated rings. The first kappa shape index (κ1) is 20.7. The van der Waals surface area contributed by atoms with Crippen molar-refractivity contribution in [3.63, 3.8) is 0 Å². The third-order valence-corrected chi connectivity index (χ3v) is 4.63. The molecule has 2 rings (SSSR count). The molecular weight excluding hydrogens is 346 g/mol. The summed E-state index contributed by atoms with van der Waals surface area (Å²) in [5, 5.41) is 5.49. The largest absolute Gasteiger partial charge is 0.444 e. The van der Waals surface area contributed by atoms with Gasteiger partial charge >= 0.3 is 6.09 Å². The Balaban J connectivity index is 1.89. The maximum absolute atomic E-state index is 12.5. The smallest absolute Gasteiger partial charge is 0.410 e. The van der Waals surface area contributed by atoms with Gasteiger partial charge in [0.15, 0.2) is 0 Å². The number of carbonyl (C=O) groups excluding carboxylic acids is 3. The molecule has 0 spiro atoms. The lowest BCUT2D eigenvalue weighted by atomic mass is 10.0. The molecule has 1 aliphatic rings. The first-order chi connectivity index (χ1) is 12.6. The molecule has 7 heteroatoms. The molecule has 0 unspecified atom stereocenters. The summed E-state index contributed by atoms with van der Waals surface area (Å²) in [6.07, 6.45) is 0.233. The van der Waals surface area contributed by atoms with E-state index in [0.29, 0.717) is 25.1 Å². The Bertz CT molecular complexity index is 694. The Hall–Kier alpha value is -2.57. The number of nitrogens with zero attached hydrogens (tertiary/aromatic N) is 1. The van der Waals surface area contributed by atoms with Gasteiger partial charge in [0.1, 0.15) is 5.60 Å². The molecule has 0 aromatic heterocycles. The van der Waals surface area contributed by atoms with E-state index in [4.69, 9.17) is 4.74 Å². The molecule has 27 heavy (non-hydrogen) atoms. The molecular formula is C20H29N3O4. The second-order valence-electron chi connectivity index (χ2n) is 7.80. The minimum absolute atomic E-state index is 0.0797. The lowest BCUT2D eigenvalue weighted by molar-refractivity contribution is -0.125. The highest BCUT2D eigenvalue weighted by atomic mass is 16.6. The highest BCUT2D eigenvalue weighted by Gasteiger charge is 2.39. The van der Waals surface area contributed by atoms with Crippen molar-refractivity contribution in [2.24, 2.45) is 5.92 Å². The Morgan fingerprint density at radius 2 is 1.81 bits per heavy atom. The predicted octanol–water partition coefficient (Wildman–Crippen LogP) is 2.31. The van der Waals surface area contributed by atoms with Gasteiger partial charge < -0.3 is 20.3 Å². The molecule has 1 aliphatic heterocycles. The fourth-order valence-electron chi connectivity index (χ4n) is 3.11. The van der Waals surface area contributed by atoms with E-state index in [0.717, 1.165) is 5.56 Å². The van der Waals surface area contributed by atoms with Gasteiger partial charge in [-0.3, -0.25) is 9.59 Å². The zero-order valence-corrected chi connectivity index (χ0v) is 16.7. The zero-order valence-electron chi connectivity index (χ0n) is 16.7. The summed E-state index contributed by atoms with van der Waals surface area (Å²) in [5.41, 5.74) is 0.925. The maximum Gasteiger partial charge on any atom is 0.410 e. The van der Waals surface area contributed by atoms with Gasteiger partial charge in [0, 0.05) is 31.7 Å². The van der Waals surface area contributed by atoms with Crippen LogP contribution in [0.2, 0.25) is 0 Å². The summed E-state index contributed by atoms with van der Waals surface area (Å²) in [4.78, 5) is 38.0. The number of ether oxygens (including phenoxy) is 1. The molecule has 1 saturated heterocycles. The van der Waals surface area contributed by atoms with Gasteiger partial charge in [0.2, 0.25) is 5.91 Å². The van der Waals surface area contributed by atoms with Crippen molar-refractivity contribution in [1.29, 1.82) is 0 Å². The monoisotopic (exact) mass is 375 g/mol. The van der Waals surface area contributed by atoms with Crippen LogP contribution in [0.4, 0.5) is 4.79 Å². The number of likely N-dealkylation sites (tertiary alicyclic amines) is 1. The maximum atomic E-state index is 12.5. The third-order valence-electron chi connectivity index (χ3n) is 4.63. The van der Waals surface area contributed by atoms with Gasteiger partial charge in [0.05, 0.1) is 5.92 Å². The van der Waals surface area contributed by atoms with E-state index in [-0.39, 0.29) is 29.9 Å². The van der Waals surface area contributed by atoms with Crippen LogP contribution in [0.1, 0.15) is 50.0 Å². The van der Waals surface area contributed by atoms with Crippen molar-refractivity contribution in [2.75, 3.05) is 13.6 Å². The molecule has 0 bridgehead atoms. The summed E-state index contributed by atoms with van der Waals surface area (Å²) < 4.78 is 5.41. The number of nitrogens with one attached hydrogen (secondary N) is 2. The van der Waals surface area contributed by atoms with Crippen molar-refractivity contribution in [1.82, 2.24) is 15.5 Å². The first-order valence-corrected chi connectivity index (χ1v) is 9.20. The van der Waals surface area contributed by atoms with Crippen LogP contribution in [-0.4, -0.2) is 48.0 Å². The summed E-state index contributed by atoms with van der Waals surface area (Å²) >= 11 is 0. The predicted molar refractivity (Wildman–Crippen MR) is 102 cm³/mol. The van der Waals surface area contributed by atoms with Crippen LogP contribution in [-0.2, 0) is 16.1 Å². The molecule has 1 aromatic carbocycles. The van der Waals surface area contributed by atoms with Crippen LogP contribution in [0.5, 0.6) is 0 Å². The average molecular weight is 375 g/mol. The molecule has 148 valence electrons. The second kappa shape index (κ2) is 8.41. The Labute approximate surface area is 160 Å². The van der Waals surface area contributed by atoms with Gasteiger partial charge in [-0.25, -0.2) is 4.79 Å². The number of rotatable bonds is 4. The minimum Gasteiger partial charge on any atom is -0.444 e. The fraction of sp³-hybridized carbons (Fsp3) is 0.550. The standard InChI is InChI=1S/C20H29N3O4/c1-13-16(10-11-23(13)19(26)27-20(2,3)4)18(25)22-12-14-6-8-15(9-7-14)17(24)21-5/h6-9,13,16H,10-12H2,1-5H3,(H,21,24)(H,22,25)/t13-,16-/m0/s1. The topological polar surface area (TPSA) is 87.7 Å². The molecule has 1 aromatic rings. The van der Waals surface area contributed by atoms with Crippen molar-refractivity contribution < 1.29 is 19.1 Å². The zero-order chi connectivity index (χ0) is 20.2. The molecule has 2 atom stereocenters. The van der Waals surface area contributed by atoms with Crippen LogP contribution in [0.3, 0.4) is 0 Å². The lowest BCUT2D eigenvalue weighted by Crippen LogP contribution is -2.43.